The lowest BCUT2D eigenvalue weighted by Crippen LogP contribution is -2.38. The highest BCUT2D eigenvalue weighted by atomic mass is 16.3. The summed E-state index contributed by atoms with van der Waals surface area (Å²) in [5.41, 5.74) is 0.617. The molecule has 1 heterocycles. The van der Waals surface area contributed by atoms with Crippen LogP contribution in [0.4, 0.5) is 0 Å². The highest BCUT2D eigenvalue weighted by Crippen LogP contribution is 2.32. The molecule has 3 rings (SSSR count). The molecule has 0 bridgehead atoms. The van der Waals surface area contributed by atoms with Gasteiger partial charge in [-0.15, -0.1) is 0 Å². The Labute approximate surface area is 145 Å². The van der Waals surface area contributed by atoms with Gasteiger partial charge >= 0.3 is 0 Å². The van der Waals surface area contributed by atoms with Crippen molar-refractivity contribution >= 4 is 5.91 Å². The molecule has 4 heteroatoms. The lowest BCUT2D eigenvalue weighted by Gasteiger charge is -2.27. The summed E-state index contributed by atoms with van der Waals surface area (Å²) in [6, 6.07) is 10.6. The van der Waals surface area contributed by atoms with Gasteiger partial charge in [0.15, 0.2) is 0 Å². The van der Waals surface area contributed by atoms with Crippen molar-refractivity contribution in [1.82, 2.24) is 9.80 Å². The Kier molecular flexibility index (Phi) is 5.57. The van der Waals surface area contributed by atoms with Crippen molar-refractivity contribution in [3.8, 4) is 0 Å². The normalized spacial score (nSPS) is 23.5. The second-order valence-electron chi connectivity index (χ2n) is 7.76. The van der Waals surface area contributed by atoms with E-state index in [9.17, 15) is 9.90 Å². The zero-order chi connectivity index (χ0) is 17.0. The third-order valence-electron chi connectivity index (χ3n) is 5.59. The van der Waals surface area contributed by atoms with Gasteiger partial charge in [0.25, 0.3) is 0 Å². The molecule has 1 atom stereocenters. The summed E-state index contributed by atoms with van der Waals surface area (Å²) < 4.78 is 0. The van der Waals surface area contributed by atoms with Crippen LogP contribution in [0.25, 0.3) is 0 Å². The van der Waals surface area contributed by atoms with E-state index in [0.717, 1.165) is 58.3 Å². The molecule has 2 aliphatic rings. The summed E-state index contributed by atoms with van der Waals surface area (Å²) >= 11 is 0. The molecule has 0 spiro atoms. The Morgan fingerprint density at radius 1 is 1.29 bits per heavy atom. The second-order valence-corrected chi connectivity index (χ2v) is 7.76. The number of amides is 1. The van der Waals surface area contributed by atoms with E-state index in [-0.39, 0.29) is 5.91 Å². The fourth-order valence-electron chi connectivity index (χ4n) is 4.16. The molecule has 0 radical (unpaired) electrons. The maximum atomic E-state index is 12.4. The molecule has 132 valence electrons. The van der Waals surface area contributed by atoms with Crippen molar-refractivity contribution in [2.75, 3.05) is 26.7 Å². The number of aliphatic hydroxyl groups is 1. The van der Waals surface area contributed by atoms with Crippen LogP contribution in [0, 0.1) is 5.92 Å². The first-order chi connectivity index (χ1) is 11.5. The minimum absolute atomic E-state index is 0.0981. The molecule has 1 aliphatic carbocycles. The molecular weight excluding hydrogens is 300 g/mol. The predicted octanol–water partition coefficient (Wildman–Crippen LogP) is 2.66. The number of carbonyl (C=O) groups is 1. The number of hydrogen-bond acceptors (Lipinski definition) is 3. The molecule has 1 unspecified atom stereocenters. The van der Waals surface area contributed by atoms with Crippen molar-refractivity contribution in [3.63, 3.8) is 0 Å². The number of nitrogens with zero attached hydrogens (tertiary/aromatic N) is 2. The van der Waals surface area contributed by atoms with Crippen LogP contribution < -0.4 is 0 Å². The largest absolute Gasteiger partial charge is 0.389 e. The van der Waals surface area contributed by atoms with Gasteiger partial charge in [-0.2, -0.15) is 0 Å². The van der Waals surface area contributed by atoms with Crippen LogP contribution in [0.1, 0.15) is 44.1 Å². The number of rotatable bonds is 6. The smallest absolute Gasteiger partial charge is 0.225 e. The van der Waals surface area contributed by atoms with E-state index in [1.165, 1.54) is 5.56 Å². The van der Waals surface area contributed by atoms with Crippen LogP contribution in [-0.4, -0.2) is 53.1 Å². The van der Waals surface area contributed by atoms with Gasteiger partial charge in [-0.05, 0) is 37.3 Å². The van der Waals surface area contributed by atoms with Crippen LogP contribution in [0.5, 0.6) is 0 Å². The average Bonchev–Trinajstić information content (AvgIpc) is 3.17. The van der Waals surface area contributed by atoms with E-state index < -0.39 is 5.60 Å². The first-order valence-corrected chi connectivity index (χ1v) is 9.27. The number of hydrogen-bond donors (Lipinski definition) is 1. The van der Waals surface area contributed by atoms with Crippen molar-refractivity contribution in [3.05, 3.63) is 35.9 Å². The molecule has 1 aromatic rings. The first-order valence-electron chi connectivity index (χ1n) is 9.27. The van der Waals surface area contributed by atoms with Crippen molar-refractivity contribution in [2.24, 2.45) is 5.92 Å². The van der Waals surface area contributed by atoms with Gasteiger partial charge < -0.3 is 10.0 Å². The summed E-state index contributed by atoms with van der Waals surface area (Å²) in [6.45, 7) is 3.96. The van der Waals surface area contributed by atoms with Crippen LogP contribution in [0.2, 0.25) is 0 Å². The lowest BCUT2D eigenvalue weighted by atomic mass is 9.97. The van der Waals surface area contributed by atoms with Crippen LogP contribution >= 0.6 is 0 Å². The second kappa shape index (κ2) is 7.66. The Morgan fingerprint density at radius 2 is 2.00 bits per heavy atom. The van der Waals surface area contributed by atoms with Gasteiger partial charge in [-0.25, -0.2) is 0 Å². The molecule has 1 amide bonds. The van der Waals surface area contributed by atoms with E-state index in [4.69, 9.17) is 0 Å². The van der Waals surface area contributed by atoms with E-state index >= 15 is 0 Å². The maximum absolute atomic E-state index is 12.4. The number of carbonyl (C=O) groups excluding carboxylic acids is 1. The molecule has 1 N–H and O–H groups in total. The standard InChI is InChI=1S/C20H30N2O2/c1-21(19(23)13-20(24)10-5-6-11-20)14-18-9-12-22(16-18)15-17-7-3-2-4-8-17/h2-4,7-8,18,24H,5-6,9-16H2,1H3. The molecule has 2 fully saturated rings. The minimum atomic E-state index is -0.736. The fraction of sp³-hybridized carbons (Fsp3) is 0.650. The molecule has 0 aromatic heterocycles. The van der Waals surface area contributed by atoms with E-state index in [2.05, 4.69) is 35.2 Å². The van der Waals surface area contributed by atoms with Crippen molar-refractivity contribution < 1.29 is 9.90 Å². The van der Waals surface area contributed by atoms with Crippen LogP contribution in [-0.2, 0) is 11.3 Å². The van der Waals surface area contributed by atoms with Gasteiger partial charge in [0.05, 0.1) is 12.0 Å². The van der Waals surface area contributed by atoms with Gasteiger partial charge in [0.1, 0.15) is 0 Å². The molecule has 1 saturated heterocycles. The Bertz CT molecular complexity index is 540. The number of likely N-dealkylation sites (tertiary alicyclic amines) is 1. The molecule has 1 aliphatic heterocycles. The summed E-state index contributed by atoms with van der Waals surface area (Å²) in [7, 11) is 1.89. The van der Waals surface area contributed by atoms with E-state index in [1.807, 2.05) is 11.9 Å². The molecular formula is C20H30N2O2. The van der Waals surface area contributed by atoms with Gasteiger partial charge in [-0.3, -0.25) is 9.69 Å². The minimum Gasteiger partial charge on any atom is -0.389 e. The van der Waals surface area contributed by atoms with E-state index in [1.54, 1.807) is 0 Å². The summed E-state index contributed by atoms with van der Waals surface area (Å²) in [5.74, 6) is 0.641. The van der Waals surface area contributed by atoms with E-state index in [0.29, 0.717) is 12.3 Å². The topological polar surface area (TPSA) is 43.8 Å². The first kappa shape index (κ1) is 17.4. The van der Waals surface area contributed by atoms with Gasteiger partial charge in [0, 0.05) is 26.7 Å². The quantitative estimate of drug-likeness (QED) is 0.872. The van der Waals surface area contributed by atoms with Gasteiger partial charge in [-0.1, -0.05) is 43.2 Å². The molecule has 4 nitrogen and oxygen atoms in total. The third kappa shape index (κ3) is 4.58. The molecule has 1 saturated carbocycles. The fourth-order valence-corrected chi connectivity index (χ4v) is 4.16. The highest BCUT2D eigenvalue weighted by molar-refractivity contribution is 5.77. The monoisotopic (exact) mass is 330 g/mol. The molecule has 24 heavy (non-hydrogen) atoms. The average molecular weight is 330 g/mol. The van der Waals surface area contributed by atoms with Crippen molar-refractivity contribution in [1.29, 1.82) is 0 Å². The summed E-state index contributed by atoms with van der Waals surface area (Å²) in [4.78, 5) is 16.7. The highest BCUT2D eigenvalue weighted by Gasteiger charge is 2.35. The SMILES string of the molecule is CN(CC1CCN(Cc2ccccc2)C1)C(=O)CC1(O)CCCC1. The zero-order valence-electron chi connectivity index (χ0n) is 14.8. The Hall–Kier alpha value is -1.39. The molecule has 1 aromatic carbocycles. The van der Waals surface area contributed by atoms with Crippen LogP contribution in [0.15, 0.2) is 30.3 Å². The number of benzene rings is 1. The summed E-state index contributed by atoms with van der Waals surface area (Å²) in [5, 5.41) is 10.4. The Morgan fingerprint density at radius 3 is 2.71 bits per heavy atom. The van der Waals surface area contributed by atoms with Crippen LogP contribution in [0.3, 0.4) is 0 Å². The van der Waals surface area contributed by atoms with Gasteiger partial charge in [0.2, 0.25) is 5.91 Å². The third-order valence-corrected chi connectivity index (χ3v) is 5.59. The predicted molar refractivity (Wildman–Crippen MR) is 95.5 cm³/mol. The summed E-state index contributed by atoms with van der Waals surface area (Å²) in [6.07, 6.45) is 5.09. The Balaban J connectivity index is 1.43. The maximum Gasteiger partial charge on any atom is 0.225 e. The lowest BCUT2D eigenvalue weighted by molar-refractivity contribution is -0.135. The zero-order valence-corrected chi connectivity index (χ0v) is 14.8. The van der Waals surface area contributed by atoms with Crippen molar-refractivity contribution in [2.45, 2.75) is 50.7 Å².